The lowest BCUT2D eigenvalue weighted by molar-refractivity contribution is 0.503. The normalized spacial score (nSPS) is 10.5. The number of nitrogens with two attached hydrogens (primary N) is 1. The standard InChI is InChI=1S/C14H18N2O/c1-11-3-5-13(6-4-11)16(2)10-14-12(9-15)7-8-17-14/h3-8H,9-10,15H2,1-2H3. The minimum absolute atomic E-state index is 0.521. The largest absolute Gasteiger partial charge is 0.467 e. The van der Waals surface area contributed by atoms with E-state index >= 15 is 0 Å². The van der Waals surface area contributed by atoms with Gasteiger partial charge in [0.1, 0.15) is 5.76 Å². The molecule has 0 radical (unpaired) electrons. The van der Waals surface area contributed by atoms with Crippen LogP contribution in [0.3, 0.4) is 0 Å². The summed E-state index contributed by atoms with van der Waals surface area (Å²) in [5.41, 5.74) is 9.17. The Morgan fingerprint density at radius 3 is 2.53 bits per heavy atom. The predicted molar refractivity (Wildman–Crippen MR) is 69.9 cm³/mol. The molecule has 1 aromatic carbocycles. The van der Waals surface area contributed by atoms with Gasteiger partial charge < -0.3 is 15.1 Å². The summed E-state index contributed by atoms with van der Waals surface area (Å²) in [5, 5.41) is 0. The van der Waals surface area contributed by atoms with Crippen LogP contribution in [0.15, 0.2) is 41.0 Å². The first-order chi connectivity index (χ1) is 8.20. The molecule has 0 atom stereocenters. The molecule has 0 saturated carbocycles. The van der Waals surface area contributed by atoms with Crippen LogP contribution in [0.25, 0.3) is 0 Å². The average Bonchev–Trinajstić information content (AvgIpc) is 2.77. The Bertz CT molecular complexity index is 473. The summed E-state index contributed by atoms with van der Waals surface area (Å²) in [6.45, 7) is 3.35. The number of anilines is 1. The molecule has 0 fully saturated rings. The summed E-state index contributed by atoms with van der Waals surface area (Å²) < 4.78 is 5.45. The molecule has 3 heteroatoms. The zero-order chi connectivity index (χ0) is 12.3. The highest BCUT2D eigenvalue weighted by Gasteiger charge is 2.08. The minimum Gasteiger partial charge on any atom is -0.467 e. The van der Waals surface area contributed by atoms with E-state index in [2.05, 4.69) is 36.1 Å². The van der Waals surface area contributed by atoms with Crippen LogP contribution < -0.4 is 10.6 Å². The van der Waals surface area contributed by atoms with Crippen LogP contribution in [0.5, 0.6) is 0 Å². The maximum Gasteiger partial charge on any atom is 0.127 e. The van der Waals surface area contributed by atoms with E-state index in [4.69, 9.17) is 10.2 Å². The van der Waals surface area contributed by atoms with E-state index < -0.39 is 0 Å². The van der Waals surface area contributed by atoms with Gasteiger partial charge in [-0.1, -0.05) is 17.7 Å². The number of rotatable bonds is 4. The Morgan fingerprint density at radius 2 is 1.88 bits per heavy atom. The molecule has 0 spiro atoms. The van der Waals surface area contributed by atoms with Crippen LogP contribution in [0, 0.1) is 6.92 Å². The van der Waals surface area contributed by atoms with Gasteiger partial charge in [-0.3, -0.25) is 0 Å². The summed E-state index contributed by atoms with van der Waals surface area (Å²) >= 11 is 0. The molecule has 1 aromatic heterocycles. The van der Waals surface area contributed by atoms with Crippen molar-refractivity contribution in [1.82, 2.24) is 0 Å². The highest BCUT2D eigenvalue weighted by molar-refractivity contribution is 5.47. The first kappa shape index (κ1) is 11.7. The fourth-order valence-corrected chi connectivity index (χ4v) is 1.79. The van der Waals surface area contributed by atoms with E-state index in [1.54, 1.807) is 6.26 Å². The summed E-state index contributed by atoms with van der Waals surface area (Å²) in [6.07, 6.45) is 1.69. The molecule has 0 saturated heterocycles. The number of hydrogen-bond donors (Lipinski definition) is 1. The molecule has 0 aliphatic rings. The summed E-state index contributed by atoms with van der Waals surface area (Å²) in [7, 11) is 2.05. The monoisotopic (exact) mass is 230 g/mol. The SMILES string of the molecule is Cc1ccc(N(C)Cc2occc2CN)cc1. The molecular weight excluding hydrogens is 212 g/mol. The van der Waals surface area contributed by atoms with Crippen molar-refractivity contribution in [2.75, 3.05) is 11.9 Å². The van der Waals surface area contributed by atoms with Gasteiger partial charge >= 0.3 is 0 Å². The lowest BCUT2D eigenvalue weighted by Crippen LogP contribution is -2.17. The fraction of sp³-hybridized carbons (Fsp3) is 0.286. The van der Waals surface area contributed by atoms with Crippen LogP contribution in [0.4, 0.5) is 5.69 Å². The smallest absolute Gasteiger partial charge is 0.127 e. The number of benzene rings is 1. The van der Waals surface area contributed by atoms with E-state index in [0.29, 0.717) is 6.54 Å². The van der Waals surface area contributed by atoms with Crippen LogP contribution >= 0.6 is 0 Å². The summed E-state index contributed by atoms with van der Waals surface area (Å²) in [4.78, 5) is 2.15. The highest BCUT2D eigenvalue weighted by Crippen LogP contribution is 2.18. The van der Waals surface area contributed by atoms with Gasteiger partial charge in [0.05, 0.1) is 12.8 Å². The topological polar surface area (TPSA) is 42.4 Å². The third-order valence-electron chi connectivity index (χ3n) is 2.91. The van der Waals surface area contributed by atoms with Crippen molar-refractivity contribution in [2.45, 2.75) is 20.0 Å². The first-order valence-electron chi connectivity index (χ1n) is 5.74. The van der Waals surface area contributed by atoms with Crippen molar-refractivity contribution in [3.05, 3.63) is 53.5 Å². The van der Waals surface area contributed by atoms with Gasteiger partial charge in [0.25, 0.3) is 0 Å². The average molecular weight is 230 g/mol. The van der Waals surface area contributed by atoms with Crippen molar-refractivity contribution >= 4 is 5.69 Å². The summed E-state index contributed by atoms with van der Waals surface area (Å²) in [6, 6.07) is 10.4. The van der Waals surface area contributed by atoms with Crippen molar-refractivity contribution in [3.8, 4) is 0 Å². The van der Waals surface area contributed by atoms with Crippen LogP contribution in [0.1, 0.15) is 16.9 Å². The van der Waals surface area contributed by atoms with Gasteiger partial charge in [-0.05, 0) is 25.1 Å². The molecule has 17 heavy (non-hydrogen) atoms. The fourth-order valence-electron chi connectivity index (χ4n) is 1.79. The van der Waals surface area contributed by atoms with Gasteiger partial charge in [0.2, 0.25) is 0 Å². The Morgan fingerprint density at radius 1 is 1.18 bits per heavy atom. The zero-order valence-electron chi connectivity index (χ0n) is 10.3. The van der Waals surface area contributed by atoms with Crippen LogP contribution in [-0.4, -0.2) is 7.05 Å². The van der Waals surface area contributed by atoms with Gasteiger partial charge in [-0.15, -0.1) is 0 Å². The quantitative estimate of drug-likeness (QED) is 0.878. The predicted octanol–water partition coefficient (Wildman–Crippen LogP) is 2.68. The second-order valence-corrected chi connectivity index (χ2v) is 4.26. The van der Waals surface area contributed by atoms with Crippen molar-refractivity contribution in [3.63, 3.8) is 0 Å². The number of furan rings is 1. The lowest BCUT2D eigenvalue weighted by atomic mass is 10.2. The van der Waals surface area contributed by atoms with Crippen molar-refractivity contribution < 1.29 is 4.42 Å². The van der Waals surface area contributed by atoms with Gasteiger partial charge in [0, 0.05) is 24.8 Å². The Balaban J connectivity index is 2.11. The number of hydrogen-bond acceptors (Lipinski definition) is 3. The Labute approximate surface area is 102 Å². The number of aryl methyl sites for hydroxylation is 1. The van der Waals surface area contributed by atoms with E-state index in [1.165, 1.54) is 11.3 Å². The maximum absolute atomic E-state index is 5.65. The molecule has 2 rings (SSSR count). The second-order valence-electron chi connectivity index (χ2n) is 4.26. The highest BCUT2D eigenvalue weighted by atomic mass is 16.3. The van der Waals surface area contributed by atoms with Crippen LogP contribution in [-0.2, 0) is 13.1 Å². The maximum atomic E-state index is 5.65. The minimum atomic E-state index is 0.521. The van der Waals surface area contributed by atoms with E-state index in [1.807, 2.05) is 13.1 Å². The van der Waals surface area contributed by atoms with Gasteiger partial charge in [-0.2, -0.15) is 0 Å². The van der Waals surface area contributed by atoms with Crippen molar-refractivity contribution in [2.24, 2.45) is 5.73 Å². The molecule has 0 aliphatic heterocycles. The summed E-state index contributed by atoms with van der Waals surface area (Å²) in [5.74, 6) is 0.940. The molecular formula is C14H18N2O. The second kappa shape index (κ2) is 5.06. The molecule has 2 N–H and O–H groups in total. The van der Waals surface area contributed by atoms with E-state index in [9.17, 15) is 0 Å². The zero-order valence-corrected chi connectivity index (χ0v) is 10.3. The Hall–Kier alpha value is -1.74. The van der Waals surface area contributed by atoms with Crippen LogP contribution in [0.2, 0.25) is 0 Å². The number of nitrogens with zero attached hydrogens (tertiary/aromatic N) is 1. The Kier molecular flexibility index (Phi) is 3.49. The van der Waals surface area contributed by atoms with E-state index in [0.717, 1.165) is 17.9 Å². The molecule has 0 amide bonds. The van der Waals surface area contributed by atoms with E-state index in [-0.39, 0.29) is 0 Å². The van der Waals surface area contributed by atoms with Gasteiger partial charge in [-0.25, -0.2) is 0 Å². The van der Waals surface area contributed by atoms with Crippen molar-refractivity contribution in [1.29, 1.82) is 0 Å². The lowest BCUT2D eigenvalue weighted by Gasteiger charge is -2.18. The molecule has 0 unspecified atom stereocenters. The molecule has 1 heterocycles. The third-order valence-corrected chi connectivity index (χ3v) is 2.91. The molecule has 2 aromatic rings. The first-order valence-corrected chi connectivity index (χ1v) is 5.74. The molecule has 0 bridgehead atoms. The third kappa shape index (κ3) is 2.68. The molecule has 3 nitrogen and oxygen atoms in total. The molecule has 0 aliphatic carbocycles. The van der Waals surface area contributed by atoms with Gasteiger partial charge in [0.15, 0.2) is 0 Å². The molecule has 90 valence electrons.